The van der Waals surface area contributed by atoms with Crippen molar-refractivity contribution in [2.24, 2.45) is 0 Å². The molecule has 7 rings (SSSR count). The molecule has 0 saturated heterocycles. The molecular weight excluding hydrogens is 372 g/mol. The summed E-state index contributed by atoms with van der Waals surface area (Å²) in [4.78, 5) is 0. The van der Waals surface area contributed by atoms with Gasteiger partial charge in [-0.1, -0.05) is 105 Å². The van der Waals surface area contributed by atoms with Crippen molar-refractivity contribution in [2.75, 3.05) is 0 Å². The molecule has 6 aromatic rings. The Balaban J connectivity index is 1.75. The third kappa shape index (κ3) is 2.10. The average Bonchev–Trinajstić information content (AvgIpc) is 2.80. The van der Waals surface area contributed by atoms with E-state index in [2.05, 4.69) is 111 Å². The van der Waals surface area contributed by atoms with E-state index in [0.717, 1.165) is 0 Å². The van der Waals surface area contributed by atoms with Crippen LogP contribution in [0.4, 0.5) is 0 Å². The first-order valence-corrected chi connectivity index (χ1v) is 11.0. The predicted octanol–water partition coefficient (Wildman–Crippen LogP) is 8.61. The van der Waals surface area contributed by atoms with Gasteiger partial charge in [0.25, 0.3) is 0 Å². The molecule has 0 amide bonds. The Morgan fingerprint density at radius 3 is 2.10 bits per heavy atom. The van der Waals surface area contributed by atoms with Crippen LogP contribution in [0.3, 0.4) is 0 Å². The van der Waals surface area contributed by atoms with Crippen molar-refractivity contribution in [3.05, 3.63) is 108 Å². The Hall–Kier alpha value is -3.64. The van der Waals surface area contributed by atoms with Gasteiger partial charge < -0.3 is 0 Å². The van der Waals surface area contributed by atoms with Gasteiger partial charge in [-0.15, -0.1) is 0 Å². The van der Waals surface area contributed by atoms with Crippen molar-refractivity contribution in [3.8, 4) is 11.1 Å². The van der Waals surface area contributed by atoms with Gasteiger partial charge in [0, 0.05) is 5.41 Å². The molecule has 0 radical (unpaired) electrons. The quantitative estimate of drug-likeness (QED) is 0.179. The zero-order chi connectivity index (χ0) is 20.7. The maximum absolute atomic E-state index is 2.40. The van der Waals surface area contributed by atoms with E-state index in [4.69, 9.17) is 0 Å². The number of rotatable bonds is 0. The van der Waals surface area contributed by atoms with Gasteiger partial charge in [-0.3, -0.25) is 0 Å². The smallest absolute Gasteiger partial charge is 0.0165 e. The summed E-state index contributed by atoms with van der Waals surface area (Å²) in [6.07, 6.45) is 0. The molecule has 0 nitrogen and oxygen atoms in total. The van der Waals surface area contributed by atoms with Crippen LogP contribution >= 0.6 is 0 Å². The zero-order valence-electron chi connectivity index (χ0n) is 17.7. The molecule has 1 aliphatic carbocycles. The van der Waals surface area contributed by atoms with E-state index in [1.165, 1.54) is 65.3 Å². The van der Waals surface area contributed by atoms with E-state index in [0.29, 0.717) is 0 Å². The lowest BCUT2D eigenvalue weighted by Crippen LogP contribution is -2.24. The SMILES string of the molecule is CC1(C)c2ccc3c(ccc4ccccc43)c2-c2cccc3cc4ccccc4c1c23. The van der Waals surface area contributed by atoms with Crippen LogP contribution in [0.2, 0.25) is 0 Å². The third-order valence-electron chi connectivity index (χ3n) is 7.38. The number of fused-ring (bicyclic) bond motifs is 8. The van der Waals surface area contributed by atoms with Gasteiger partial charge in [0.2, 0.25) is 0 Å². The van der Waals surface area contributed by atoms with Crippen LogP contribution in [0.25, 0.3) is 54.2 Å². The van der Waals surface area contributed by atoms with Gasteiger partial charge in [-0.2, -0.15) is 0 Å². The lowest BCUT2D eigenvalue weighted by molar-refractivity contribution is 0.652. The first kappa shape index (κ1) is 17.1. The molecule has 0 N–H and O–H groups in total. The summed E-state index contributed by atoms with van der Waals surface area (Å²) in [5.41, 5.74) is 5.58. The molecule has 0 aliphatic heterocycles. The topological polar surface area (TPSA) is 0 Å². The van der Waals surface area contributed by atoms with Crippen molar-refractivity contribution in [1.29, 1.82) is 0 Å². The molecule has 31 heavy (non-hydrogen) atoms. The second-order valence-corrected chi connectivity index (χ2v) is 9.37. The third-order valence-corrected chi connectivity index (χ3v) is 7.38. The van der Waals surface area contributed by atoms with E-state index in [9.17, 15) is 0 Å². The monoisotopic (exact) mass is 394 g/mol. The average molecular weight is 395 g/mol. The number of benzene rings is 6. The van der Waals surface area contributed by atoms with Crippen LogP contribution in [0.5, 0.6) is 0 Å². The van der Waals surface area contributed by atoms with E-state index >= 15 is 0 Å². The van der Waals surface area contributed by atoms with Crippen LogP contribution in [0.15, 0.2) is 97.1 Å². The van der Waals surface area contributed by atoms with Gasteiger partial charge in [0.1, 0.15) is 0 Å². The van der Waals surface area contributed by atoms with Gasteiger partial charge in [0.15, 0.2) is 0 Å². The first-order chi connectivity index (χ1) is 15.1. The fourth-order valence-corrected chi connectivity index (χ4v) is 6.01. The fourth-order valence-electron chi connectivity index (χ4n) is 6.01. The van der Waals surface area contributed by atoms with Crippen molar-refractivity contribution in [1.82, 2.24) is 0 Å². The Morgan fingerprint density at radius 1 is 0.516 bits per heavy atom. The second kappa shape index (κ2) is 5.74. The van der Waals surface area contributed by atoms with Gasteiger partial charge in [-0.25, -0.2) is 0 Å². The van der Waals surface area contributed by atoms with E-state index < -0.39 is 0 Å². The van der Waals surface area contributed by atoms with Gasteiger partial charge >= 0.3 is 0 Å². The maximum atomic E-state index is 2.40. The van der Waals surface area contributed by atoms with Crippen molar-refractivity contribution in [3.63, 3.8) is 0 Å². The molecule has 0 heterocycles. The normalized spacial score (nSPS) is 14.4. The lowest BCUT2D eigenvalue weighted by Gasteiger charge is -2.37. The van der Waals surface area contributed by atoms with Gasteiger partial charge in [-0.05, 0) is 71.4 Å². The summed E-state index contributed by atoms with van der Waals surface area (Å²) in [5.74, 6) is 0. The van der Waals surface area contributed by atoms with Crippen LogP contribution < -0.4 is 0 Å². The van der Waals surface area contributed by atoms with E-state index in [1.807, 2.05) is 0 Å². The number of hydrogen-bond acceptors (Lipinski definition) is 0. The molecule has 146 valence electrons. The summed E-state index contributed by atoms with van der Waals surface area (Å²) in [6, 6.07) is 36.1. The summed E-state index contributed by atoms with van der Waals surface area (Å²) in [5, 5.41) is 10.8. The van der Waals surface area contributed by atoms with E-state index in [1.54, 1.807) is 0 Å². The van der Waals surface area contributed by atoms with Crippen molar-refractivity contribution in [2.45, 2.75) is 19.3 Å². The van der Waals surface area contributed by atoms with Crippen molar-refractivity contribution >= 4 is 43.1 Å². The Labute approximate surface area is 181 Å². The largest absolute Gasteiger partial charge is 0.0616 e. The molecular formula is C31H22. The summed E-state index contributed by atoms with van der Waals surface area (Å²) >= 11 is 0. The highest BCUT2D eigenvalue weighted by atomic mass is 14.4. The summed E-state index contributed by atoms with van der Waals surface area (Å²) < 4.78 is 0. The summed E-state index contributed by atoms with van der Waals surface area (Å²) in [6.45, 7) is 4.80. The van der Waals surface area contributed by atoms with E-state index in [-0.39, 0.29) is 5.41 Å². The predicted molar refractivity (Wildman–Crippen MR) is 134 cm³/mol. The second-order valence-electron chi connectivity index (χ2n) is 9.37. The highest BCUT2D eigenvalue weighted by Crippen LogP contribution is 2.53. The van der Waals surface area contributed by atoms with Crippen molar-refractivity contribution < 1.29 is 0 Å². The molecule has 0 saturated carbocycles. The molecule has 0 bridgehead atoms. The Bertz CT molecular complexity index is 1700. The Morgan fingerprint density at radius 2 is 1.23 bits per heavy atom. The fraction of sp³-hybridized carbons (Fsp3) is 0.0968. The molecule has 6 aromatic carbocycles. The van der Waals surface area contributed by atoms with Crippen LogP contribution in [-0.2, 0) is 5.41 Å². The molecule has 0 heteroatoms. The highest BCUT2D eigenvalue weighted by molar-refractivity contribution is 6.19. The zero-order valence-corrected chi connectivity index (χ0v) is 17.7. The molecule has 0 spiro atoms. The minimum Gasteiger partial charge on any atom is -0.0616 e. The van der Waals surface area contributed by atoms with Crippen LogP contribution in [0, 0.1) is 0 Å². The molecule has 0 aromatic heterocycles. The maximum Gasteiger partial charge on any atom is 0.0165 e. The molecule has 1 aliphatic rings. The Kier molecular flexibility index (Phi) is 3.16. The summed E-state index contributed by atoms with van der Waals surface area (Å²) in [7, 11) is 0. The van der Waals surface area contributed by atoms with Crippen LogP contribution in [0.1, 0.15) is 25.0 Å². The van der Waals surface area contributed by atoms with Crippen LogP contribution in [-0.4, -0.2) is 0 Å². The molecule has 0 fully saturated rings. The minimum absolute atomic E-state index is 0.0807. The molecule has 0 atom stereocenters. The molecule has 0 unspecified atom stereocenters. The highest BCUT2D eigenvalue weighted by Gasteiger charge is 2.35. The number of hydrogen-bond donors (Lipinski definition) is 0. The first-order valence-electron chi connectivity index (χ1n) is 11.0. The minimum atomic E-state index is -0.0807. The standard InChI is InChI=1S/C31H22/c1-31(2)27-17-16-24-22-11-5-3-8-19(22)14-15-25(24)29(27)26-13-7-10-21-18-20-9-4-6-12-23(20)30(31)28(21)26/h3-18H,1-2H3. The lowest BCUT2D eigenvalue weighted by atomic mass is 9.66. The van der Waals surface area contributed by atoms with Gasteiger partial charge in [0.05, 0.1) is 0 Å².